The molecule has 3 heteroatoms. The van der Waals surface area contributed by atoms with Gasteiger partial charge in [0.25, 0.3) is 0 Å². The van der Waals surface area contributed by atoms with E-state index in [1.54, 1.807) is 0 Å². The van der Waals surface area contributed by atoms with E-state index in [9.17, 15) is 0 Å². The lowest BCUT2D eigenvalue weighted by Gasteiger charge is -2.39. The zero-order valence-corrected chi connectivity index (χ0v) is 45.2. The van der Waals surface area contributed by atoms with Crippen molar-refractivity contribution < 1.29 is 9.47 Å². The predicted octanol–water partition coefficient (Wildman–Crippen LogP) is 20.8. The molecule has 4 aliphatic rings. The van der Waals surface area contributed by atoms with E-state index in [1.165, 1.54) is 66.8 Å². The van der Waals surface area contributed by atoms with E-state index in [2.05, 4.69) is 314 Å². The molecule has 13 aromatic rings. The molecular formula is C80H51NO2. The van der Waals surface area contributed by atoms with Gasteiger partial charge in [0.15, 0.2) is 0 Å². The lowest BCUT2D eigenvalue weighted by molar-refractivity contribution is 0.436. The van der Waals surface area contributed by atoms with Gasteiger partial charge in [-0.15, -0.1) is 0 Å². The van der Waals surface area contributed by atoms with Gasteiger partial charge in [-0.2, -0.15) is 0 Å². The maximum Gasteiger partial charge on any atom is 0.132 e. The van der Waals surface area contributed by atoms with Crippen LogP contribution < -0.4 is 14.4 Å². The van der Waals surface area contributed by atoms with Crippen LogP contribution in [0.5, 0.6) is 23.0 Å². The summed E-state index contributed by atoms with van der Waals surface area (Å²) >= 11 is 0. The van der Waals surface area contributed by atoms with Crippen LogP contribution in [0.15, 0.2) is 309 Å². The first-order valence-electron chi connectivity index (χ1n) is 28.6. The summed E-state index contributed by atoms with van der Waals surface area (Å²) in [6.45, 7) is 0. The zero-order valence-electron chi connectivity index (χ0n) is 45.2. The summed E-state index contributed by atoms with van der Waals surface area (Å²) in [7, 11) is 0. The number of hydrogen-bond donors (Lipinski definition) is 0. The molecule has 0 saturated heterocycles. The Balaban J connectivity index is 0.805. The van der Waals surface area contributed by atoms with E-state index in [4.69, 9.17) is 9.47 Å². The number of fused-ring (bicyclic) bond motifs is 18. The van der Waals surface area contributed by atoms with Gasteiger partial charge in [-0.05, 0) is 150 Å². The van der Waals surface area contributed by atoms with E-state index < -0.39 is 10.8 Å². The number of nitrogens with zero attached hydrogens (tertiary/aromatic N) is 1. The Morgan fingerprint density at radius 3 is 1.20 bits per heavy atom. The standard InChI is InChI=1S/C80H51NO2/c1-2-19-52(20-3-1)53-37-39-55(40-38-53)61-23-6-13-32-74(61)81(59-45-41-54(42-46-59)57-44-48-68-65(50-57)63-25-5-8-27-67(63)79(68)69-28-9-14-33-75(69)82-76-34-15-10-29-70(76)79)60-22-18-21-56(49-60)58-43-47-64-62-24-4-7-26-66(62)80(73(64)51-58)71-30-11-16-35-77(71)83-78-36-17-12-31-72(78)80/h1-51H. The molecule has 13 aromatic carbocycles. The highest BCUT2D eigenvalue weighted by molar-refractivity contribution is 5.95. The summed E-state index contributed by atoms with van der Waals surface area (Å²) in [4.78, 5) is 2.44. The van der Waals surface area contributed by atoms with Gasteiger partial charge in [0.1, 0.15) is 23.0 Å². The number of anilines is 3. The number of ether oxygens (including phenoxy) is 2. The Morgan fingerprint density at radius 2 is 0.590 bits per heavy atom. The van der Waals surface area contributed by atoms with Crippen molar-refractivity contribution in [2.45, 2.75) is 10.8 Å². The fraction of sp³-hybridized carbons (Fsp3) is 0.0250. The molecule has 0 fully saturated rings. The molecule has 0 bridgehead atoms. The highest BCUT2D eigenvalue weighted by Gasteiger charge is 2.52. The average Bonchev–Trinajstić information content (AvgIpc) is 1.81. The Kier molecular flexibility index (Phi) is 10.4. The van der Waals surface area contributed by atoms with Gasteiger partial charge in [-0.25, -0.2) is 0 Å². The molecule has 0 atom stereocenters. The highest BCUT2D eigenvalue weighted by Crippen LogP contribution is 2.64. The van der Waals surface area contributed by atoms with E-state index >= 15 is 0 Å². The van der Waals surface area contributed by atoms with Crippen LogP contribution in [0, 0.1) is 0 Å². The third-order valence-electron chi connectivity index (χ3n) is 18.0. The van der Waals surface area contributed by atoms with Crippen molar-refractivity contribution in [2.24, 2.45) is 0 Å². The van der Waals surface area contributed by atoms with Gasteiger partial charge < -0.3 is 14.4 Å². The predicted molar refractivity (Wildman–Crippen MR) is 338 cm³/mol. The molecule has 2 heterocycles. The summed E-state index contributed by atoms with van der Waals surface area (Å²) < 4.78 is 13.3. The molecule has 3 nitrogen and oxygen atoms in total. The molecule has 2 aliphatic heterocycles. The second-order valence-corrected chi connectivity index (χ2v) is 22.2. The smallest absolute Gasteiger partial charge is 0.132 e. The molecule has 0 amide bonds. The van der Waals surface area contributed by atoms with E-state index in [0.29, 0.717) is 0 Å². The molecule has 2 aliphatic carbocycles. The Bertz CT molecular complexity index is 4660. The summed E-state index contributed by atoms with van der Waals surface area (Å²) in [6.07, 6.45) is 0. The van der Waals surface area contributed by atoms with Gasteiger partial charge in [0.05, 0.1) is 16.5 Å². The topological polar surface area (TPSA) is 21.7 Å². The number of hydrogen-bond acceptors (Lipinski definition) is 3. The Hall–Kier alpha value is -10.7. The molecule has 0 radical (unpaired) electrons. The molecule has 0 saturated carbocycles. The SMILES string of the molecule is c1ccc(-c2ccc(-c3ccccc3N(c3ccc(-c4ccc5c(c4)-c4ccccc4C54c5ccccc5Oc5ccccc54)cc3)c3cccc(-c4ccc5c(c4)C4(c6ccccc6Oc6ccccc64)c4ccccc4-5)c3)cc2)cc1. The minimum Gasteiger partial charge on any atom is -0.457 e. The van der Waals surface area contributed by atoms with Gasteiger partial charge >= 0.3 is 0 Å². The van der Waals surface area contributed by atoms with Gasteiger partial charge in [0.2, 0.25) is 0 Å². The van der Waals surface area contributed by atoms with Crippen molar-refractivity contribution in [2.75, 3.05) is 4.90 Å². The van der Waals surface area contributed by atoms with Gasteiger partial charge in [-0.1, -0.05) is 243 Å². The molecule has 388 valence electrons. The second-order valence-electron chi connectivity index (χ2n) is 22.2. The normalized spacial score (nSPS) is 13.7. The van der Waals surface area contributed by atoms with Crippen LogP contribution in [-0.4, -0.2) is 0 Å². The van der Waals surface area contributed by atoms with Crippen LogP contribution >= 0.6 is 0 Å². The third kappa shape index (κ3) is 6.92. The maximum absolute atomic E-state index is 6.70. The molecule has 17 rings (SSSR count). The number of rotatable bonds is 7. The van der Waals surface area contributed by atoms with Crippen molar-refractivity contribution >= 4 is 17.1 Å². The lowest BCUT2D eigenvalue weighted by Crippen LogP contribution is -2.32. The highest BCUT2D eigenvalue weighted by atomic mass is 16.5. The molecule has 0 N–H and O–H groups in total. The molecule has 0 aromatic heterocycles. The number of para-hydroxylation sites is 5. The summed E-state index contributed by atoms with van der Waals surface area (Å²) in [6, 6.07) is 113. The maximum atomic E-state index is 6.70. The second kappa shape index (κ2) is 18.4. The van der Waals surface area contributed by atoms with Crippen molar-refractivity contribution in [3.63, 3.8) is 0 Å². The van der Waals surface area contributed by atoms with Crippen LogP contribution in [0.3, 0.4) is 0 Å². The first-order chi connectivity index (χ1) is 41.1. The molecule has 2 spiro atoms. The van der Waals surface area contributed by atoms with Crippen LogP contribution in [0.2, 0.25) is 0 Å². The largest absolute Gasteiger partial charge is 0.457 e. The molecular weight excluding hydrogens is 1010 g/mol. The van der Waals surface area contributed by atoms with Crippen molar-refractivity contribution in [3.8, 4) is 89.8 Å². The van der Waals surface area contributed by atoms with Crippen LogP contribution in [0.25, 0.3) is 66.8 Å². The van der Waals surface area contributed by atoms with Crippen LogP contribution in [0.1, 0.15) is 44.5 Å². The van der Waals surface area contributed by atoms with Crippen molar-refractivity contribution in [1.29, 1.82) is 0 Å². The molecule has 0 unspecified atom stereocenters. The summed E-state index contributed by atoms with van der Waals surface area (Å²) in [5.74, 6) is 3.57. The van der Waals surface area contributed by atoms with E-state index in [1.807, 2.05) is 0 Å². The zero-order chi connectivity index (χ0) is 54.6. The summed E-state index contributed by atoms with van der Waals surface area (Å²) in [5, 5.41) is 0. The first-order valence-corrected chi connectivity index (χ1v) is 28.6. The monoisotopic (exact) mass is 1060 g/mol. The molecule has 83 heavy (non-hydrogen) atoms. The van der Waals surface area contributed by atoms with E-state index in [0.717, 1.165) is 84.6 Å². The van der Waals surface area contributed by atoms with Gasteiger partial charge in [0, 0.05) is 39.2 Å². The fourth-order valence-corrected chi connectivity index (χ4v) is 14.5. The number of benzene rings is 13. The third-order valence-corrected chi connectivity index (χ3v) is 18.0. The van der Waals surface area contributed by atoms with Crippen LogP contribution in [0.4, 0.5) is 17.1 Å². The van der Waals surface area contributed by atoms with E-state index in [-0.39, 0.29) is 0 Å². The minimum absolute atomic E-state index is 0.516. The summed E-state index contributed by atoms with van der Waals surface area (Å²) in [5.41, 5.74) is 26.1. The first kappa shape index (κ1) is 47.1. The quantitative estimate of drug-likeness (QED) is 0.159. The Morgan fingerprint density at radius 1 is 0.205 bits per heavy atom. The van der Waals surface area contributed by atoms with Crippen molar-refractivity contribution in [3.05, 3.63) is 354 Å². The van der Waals surface area contributed by atoms with Gasteiger partial charge in [-0.3, -0.25) is 0 Å². The average molecular weight is 1060 g/mol. The lowest BCUT2D eigenvalue weighted by atomic mass is 9.66. The fourth-order valence-electron chi connectivity index (χ4n) is 14.5. The Labute approximate surface area is 483 Å². The minimum atomic E-state index is -0.570. The van der Waals surface area contributed by atoms with Crippen LogP contribution in [-0.2, 0) is 10.8 Å². The van der Waals surface area contributed by atoms with Crippen molar-refractivity contribution in [1.82, 2.24) is 0 Å².